The van der Waals surface area contributed by atoms with Crippen LogP contribution in [0.1, 0.15) is 31.4 Å². The van der Waals surface area contributed by atoms with Crippen LogP contribution in [0.4, 0.5) is 0 Å². The summed E-state index contributed by atoms with van der Waals surface area (Å²) in [5.74, 6) is -0.445. The van der Waals surface area contributed by atoms with Gasteiger partial charge in [0.05, 0.1) is 70.9 Å². The third kappa shape index (κ3) is 7.01. The molecule has 0 aliphatic carbocycles. The highest BCUT2D eigenvalue weighted by atomic mass is 16.5. The zero-order valence-corrected chi connectivity index (χ0v) is 23.8. The molecule has 0 saturated heterocycles. The zero-order valence-electron chi connectivity index (χ0n) is 23.8. The summed E-state index contributed by atoms with van der Waals surface area (Å²) in [4.78, 5) is 24.6. The van der Waals surface area contributed by atoms with Crippen molar-refractivity contribution in [3.63, 3.8) is 0 Å². The first kappa shape index (κ1) is 28.2. The molecule has 39 heavy (non-hydrogen) atoms. The third-order valence-electron chi connectivity index (χ3n) is 6.82. The molecule has 0 aliphatic heterocycles. The molecule has 0 amide bonds. The molecule has 0 fully saturated rings. The third-order valence-corrected chi connectivity index (χ3v) is 6.82. The largest absolute Gasteiger partial charge is 0.466 e. The highest BCUT2D eigenvalue weighted by molar-refractivity contribution is 6.09. The maximum absolute atomic E-state index is 12.3. The fraction of sp³-hybridized carbons (Fsp3) is 0.364. The molecule has 1 aromatic heterocycles. The number of carbonyl (C=O) groups excluding carboxylic acids is 2. The minimum atomic E-state index is -0.224. The van der Waals surface area contributed by atoms with Crippen LogP contribution in [-0.2, 0) is 38.4 Å². The van der Waals surface area contributed by atoms with E-state index in [1.807, 2.05) is 32.0 Å². The molecule has 0 spiro atoms. The van der Waals surface area contributed by atoms with Crippen LogP contribution >= 0.6 is 0 Å². The molecule has 3 aromatic carbocycles. The van der Waals surface area contributed by atoms with Gasteiger partial charge in [0.2, 0.25) is 11.2 Å². The topological polar surface area (TPSA) is 56.5 Å². The second kappa shape index (κ2) is 12.4. The van der Waals surface area contributed by atoms with Gasteiger partial charge in [-0.05, 0) is 49.2 Å². The first-order chi connectivity index (χ1) is 18.7. The molecular weight excluding hydrogens is 488 g/mol. The number of esters is 2. The molecule has 0 atom stereocenters. The Morgan fingerprint density at radius 3 is 1.92 bits per heavy atom. The SMILES string of the molecule is CCOC(=O)Cc1ccc2c(c1)c(-c1ccccc1)[n+](CCC[N+](C)(C)C)c1cc(CC(=O)OCC)ccc21. The van der Waals surface area contributed by atoms with Gasteiger partial charge in [0.15, 0.2) is 6.54 Å². The number of quaternary nitrogens is 1. The summed E-state index contributed by atoms with van der Waals surface area (Å²) in [5, 5.41) is 3.33. The van der Waals surface area contributed by atoms with E-state index in [0.717, 1.165) is 68.1 Å². The quantitative estimate of drug-likeness (QED) is 0.115. The number of rotatable bonds is 11. The Balaban J connectivity index is 1.98. The fourth-order valence-corrected chi connectivity index (χ4v) is 5.14. The van der Waals surface area contributed by atoms with Gasteiger partial charge in [-0.2, -0.15) is 4.57 Å². The van der Waals surface area contributed by atoms with Crippen LogP contribution < -0.4 is 4.57 Å². The molecule has 6 heteroatoms. The second-order valence-electron chi connectivity index (χ2n) is 10.9. The molecule has 0 radical (unpaired) electrons. The molecule has 0 bridgehead atoms. The summed E-state index contributed by atoms with van der Waals surface area (Å²) in [5.41, 5.74) is 5.16. The highest BCUT2D eigenvalue weighted by Gasteiger charge is 2.25. The maximum atomic E-state index is 12.3. The molecule has 0 N–H and O–H groups in total. The Morgan fingerprint density at radius 2 is 1.33 bits per heavy atom. The van der Waals surface area contributed by atoms with Gasteiger partial charge in [-0.3, -0.25) is 9.59 Å². The van der Waals surface area contributed by atoms with Crippen LogP contribution in [0, 0.1) is 0 Å². The van der Waals surface area contributed by atoms with Gasteiger partial charge in [-0.1, -0.05) is 36.4 Å². The van der Waals surface area contributed by atoms with E-state index < -0.39 is 0 Å². The van der Waals surface area contributed by atoms with Crippen molar-refractivity contribution in [2.45, 2.75) is 39.7 Å². The number of pyridine rings is 1. The molecule has 0 aliphatic rings. The normalized spacial score (nSPS) is 11.6. The predicted octanol–water partition coefficient (Wildman–Crippen LogP) is 5.26. The van der Waals surface area contributed by atoms with Crippen LogP contribution in [0.15, 0.2) is 66.7 Å². The van der Waals surface area contributed by atoms with Crippen molar-refractivity contribution in [3.8, 4) is 11.3 Å². The van der Waals surface area contributed by atoms with Gasteiger partial charge >= 0.3 is 11.9 Å². The van der Waals surface area contributed by atoms with E-state index in [1.54, 1.807) is 0 Å². The van der Waals surface area contributed by atoms with Crippen molar-refractivity contribution in [2.75, 3.05) is 40.9 Å². The van der Waals surface area contributed by atoms with E-state index >= 15 is 0 Å². The lowest BCUT2D eigenvalue weighted by atomic mass is 9.95. The maximum Gasteiger partial charge on any atom is 0.310 e. The monoisotopic (exact) mass is 528 g/mol. The zero-order chi connectivity index (χ0) is 28.0. The van der Waals surface area contributed by atoms with Gasteiger partial charge in [-0.25, -0.2) is 0 Å². The van der Waals surface area contributed by atoms with Gasteiger partial charge in [-0.15, -0.1) is 0 Å². The lowest BCUT2D eigenvalue weighted by molar-refractivity contribution is -0.872. The Kier molecular flexibility index (Phi) is 8.97. The average molecular weight is 529 g/mol. The lowest BCUT2D eigenvalue weighted by Gasteiger charge is -2.23. The van der Waals surface area contributed by atoms with Gasteiger partial charge in [0.1, 0.15) is 0 Å². The lowest BCUT2D eigenvalue weighted by Crippen LogP contribution is -2.42. The smallest absolute Gasteiger partial charge is 0.310 e. The number of aryl methyl sites for hydroxylation is 1. The van der Waals surface area contributed by atoms with Gasteiger partial charge in [0.25, 0.3) is 0 Å². The van der Waals surface area contributed by atoms with E-state index in [0.29, 0.717) is 13.2 Å². The Hall–Kier alpha value is -3.77. The number of hydrogen-bond acceptors (Lipinski definition) is 4. The molecule has 6 nitrogen and oxygen atoms in total. The molecular formula is C33H40N2O4+2. The van der Waals surface area contributed by atoms with E-state index in [-0.39, 0.29) is 24.8 Å². The number of carbonyl (C=O) groups is 2. The van der Waals surface area contributed by atoms with Gasteiger partial charge < -0.3 is 14.0 Å². The number of nitrogens with zero attached hydrogens (tertiary/aromatic N) is 2. The van der Waals surface area contributed by atoms with Crippen molar-refractivity contribution < 1.29 is 28.1 Å². The number of ether oxygens (including phenoxy) is 2. The first-order valence-electron chi connectivity index (χ1n) is 13.8. The molecule has 0 unspecified atom stereocenters. The van der Waals surface area contributed by atoms with Crippen molar-refractivity contribution in [3.05, 3.63) is 77.9 Å². The van der Waals surface area contributed by atoms with Crippen molar-refractivity contribution in [2.24, 2.45) is 0 Å². The summed E-state index contributed by atoms with van der Waals surface area (Å²) in [6.45, 7) is 6.23. The number of aromatic nitrogens is 1. The van der Waals surface area contributed by atoms with E-state index in [1.165, 1.54) is 0 Å². The van der Waals surface area contributed by atoms with Crippen LogP contribution in [-0.4, -0.2) is 57.3 Å². The summed E-state index contributed by atoms with van der Waals surface area (Å²) in [6, 6.07) is 22.9. The number of fused-ring (bicyclic) bond motifs is 3. The molecule has 0 saturated carbocycles. The fourth-order valence-electron chi connectivity index (χ4n) is 5.14. The minimum Gasteiger partial charge on any atom is -0.466 e. The summed E-state index contributed by atoms with van der Waals surface area (Å²) >= 11 is 0. The Labute approximate surface area is 231 Å². The predicted molar refractivity (Wildman–Crippen MR) is 155 cm³/mol. The summed E-state index contributed by atoms with van der Waals surface area (Å²) in [7, 11) is 6.63. The highest BCUT2D eigenvalue weighted by Crippen LogP contribution is 2.33. The first-order valence-corrected chi connectivity index (χ1v) is 13.8. The number of hydrogen-bond donors (Lipinski definition) is 0. The minimum absolute atomic E-state index is 0.221. The van der Waals surface area contributed by atoms with Crippen molar-refractivity contribution in [1.82, 2.24) is 0 Å². The van der Waals surface area contributed by atoms with Gasteiger partial charge in [0, 0.05) is 17.0 Å². The molecule has 4 aromatic rings. The van der Waals surface area contributed by atoms with E-state index in [2.05, 4.69) is 74.2 Å². The van der Waals surface area contributed by atoms with Crippen LogP contribution in [0.2, 0.25) is 0 Å². The van der Waals surface area contributed by atoms with E-state index in [4.69, 9.17) is 9.47 Å². The standard InChI is InChI=1S/C33H40N2O4/c1-6-38-31(36)22-24-14-16-27-28-17-15-25(23-32(37)39-7-2)21-30(28)34(18-11-19-35(3,4)5)33(29(27)20-24)26-12-9-8-10-13-26/h8-10,12-17,20-21H,6-7,11,18-19,22-23H2,1-5H3/q+2. The van der Waals surface area contributed by atoms with E-state index in [9.17, 15) is 9.59 Å². The van der Waals surface area contributed by atoms with Crippen LogP contribution in [0.3, 0.4) is 0 Å². The summed E-state index contributed by atoms with van der Waals surface area (Å²) < 4.78 is 13.7. The summed E-state index contributed by atoms with van der Waals surface area (Å²) in [6.07, 6.45) is 1.45. The number of benzene rings is 3. The van der Waals surface area contributed by atoms with Crippen molar-refractivity contribution in [1.29, 1.82) is 0 Å². The van der Waals surface area contributed by atoms with Crippen molar-refractivity contribution >= 4 is 33.6 Å². The molecule has 4 rings (SSSR count). The Morgan fingerprint density at radius 1 is 0.744 bits per heavy atom. The second-order valence-corrected chi connectivity index (χ2v) is 10.9. The average Bonchev–Trinajstić information content (AvgIpc) is 2.88. The molecule has 1 heterocycles. The Bertz CT molecular complexity index is 1470. The van der Waals surface area contributed by atoms with Crippen LogP contribution in [0.25, 0.3) is 32.9 Å². The van der Waals surface area contributed by atoms with Crippen LogP contribution in [0.5, 0.6) is 0 Å². The molecule has 204 valence electrons.